The molecular weight excluding hydrogens is 380 g/mol. The van der Waals surface area contributed by atoms with E-state index in [1.54, 1.807) is 7.11 Å². The minimum atomic E-state index is -0.168. The Morgan fingerprint density at radius 1 is 1.20 bits per heavy atom. The highest BCUT2D eigenvalue weighted by Crippen LogP contribution is 2.23. The summed E-state index contributed by atoms with van der Waals surface area (Å²) in [4.78, 5) is 28.8. The number of hydrogen-bond donors (Lipinski definition) is 3. The number of fused-ring (bicyclic) bond motifs is 1. The number of nitrogens with one attached hydrogen (secondary N) is 3. The van der Waals surface area contributed by atoms with Crippen molar-refractivity contribution in [2.24, 2.45) is 10.9 Å². The molecule has 0 atom stereocenters. The SMILES string of the molecule is COc1ccc2[nH]cc(CCN=C(NC(=O)C(C)C)Nc3nc(C)cc(C)n3)c2c1. The fourth-order valence-electron chi connectivity index (χ4n) is 3.04. The highest BCUT2D eigenvalue weighted by molar-refractivity contribution is 6.03. The van der Waals surface area contributed by atoms with Gasteiger partial charge in [0.25, 0.3) is 0 Å². The van der Waals surface area contributed by atoms with E-state index in [-0.39, 0.29) is 11.8 Å². The van der Waals surface area contributed by atoms with Crippen LogP contribution >= 0.6 is 0 Å². The molecule has 0 aliphatic rings. The predicted octanol–water partition coefficient (Wildman–Crippen LogP) is 3.37. The first-order chi connectivity index (χ1) is 14.4. The van der Waals surface area contributed by atoms with Crippen LogP contribution in [0.2, 0.25) is 0 Å². The van der Waals surface area contributed by atoms with Crippen LogP contribution in [0.3, 0.4) is 0 Å². The summed E-state index contributed by atoms with van der Waals surface area (Å²) in [5.74, 6) is 1.27. The lowest BCUT2D eigenvalue weighted by Gasteiger charge is -2.13. The van der Waals surface area contributed by atoms with E-state index in [2.05, 4.69) is 30.6 Å². The first kappa shape index (κ1) is 21.3. The van der Waals surface area contributed by atoms with Gasteiger partial charge in [-0.1, -0.05) is 13.8 Å². The number of amides is 1. The van der Waals surface area contributed by atoms with Crippen LogP contribution in [-0.4, -0.2) is 40.5 Å². The van der Waals surface area contributed by atoms with Crippen LogP contribution < -0.4 is 15.4 Å². The van der Waals surface area contributed by atoms with Crippen molar-refractivity contribution in [2.75, 3.05) is 19.0 Å². The van der Waals surface area contributed by atoms with Gasteiger partial charge in [0.2, 0.25) is 17.8 Å². The molecule has 2 heterocycles. The third kappa shape index (κ3) is 5.34. The van der Waals surface area contributed by atoms with Crippen molar-refractivity contribution in [3.05, 3.63) is 47.4 Å². The number of carbonyl (C=O) groups is 1. The summed E-state index contributed by atoms with van der Waals surface area (Å²) in [6.45, 7) is 7.94. The Labute approximate surface area is 176 Å². The molecule has 30 heavy (non-hydrogen) atoms. The van der Waals surface area contributed by atoms with Gasteiger partial charge in [0.05, 0.1) is 7.11 Å². The topological polar surface area (TPSA) is 104 Å². The average molecular weight is 409 g/mol. The van der Waals surface area contributed by atoms with Gasteiger partial charge in [-0.25, -0.2) is 9.97 Å². The lowest BCUT2D eigenvalue weighted by molar-refractivity contribution is -0.122. The van der Waals surface area contributed by atoms with Crippen molar-refractivity contribution < 1.29 is 9.53 Å². The fraction of sp³-hybridized carbons (Fsp3) is 0.364. The van der Waals surface area contributed by atoms with Gasteiger partial charge in [-0.3, -0.25) is 20.4 Å². The first-order valence-electron chi connectivity index (χ1n) is 9.94. The summed E-state index contributed by atoms with van der Waals surface area (Å²) in [6.07, 6.45) is 2.68. The van der Waals surface area contributed by atoms with Crippen molar-refractivity contribution in [1.82, 2.24) is 20.3 Å². The second-order valence-corrected chi connectivity index (χ2v) is 7.45. The third-order valence-electron chi connectivity index (χ3n) is 4.60. The molecule has 0 bridgehead atoms. The van der Waals surface area contributed by atoms with Crippen molar-refractivity contribution in [2.45, 2.75) is 34.1 Å². The third-order valence-corrected chi connectivity index (χ3v) is 4.60. The number of methoxy groups -OCH3 is 1. The molecule has 0 saturated heterocycles. The number of nitrogens with zero attached hydrogens (tertiary/aromatic N) is 3. The van der Waals surface area contributed by atoms with Gasteiger partial charge in [0, 0.05) is 41.0 Å². The molecule has 2 aromatic heterocycles. The lowest BCUT2D eigenvalue weighted by atomic mass is 10.1. The molecule has 0 radical (unpaired) electrons. The number of H-pyrrole nitrogens is 1. The summed E-state index contributed by atoms with van der Waals surface area (Å²) in [7, 11) is 1.65. The number of aryl methyl sites for hydroxylation is 2. The Hall–Kier alpha value is -3.42. The molecule has 0 unspecified atom stereocenters. The molecular formula is C22H28N6O2. The lowest BCUT2D eigenvalue weighted by Crippen LogP contribution is -2.39. The van der Waals surface area contributed by atoms with E-state index in [0.29, 0.717) is 24.9 Å². The van der Waals surface area contributed by atoms with E-state index >= 15 is 0 Å². The second kappa shape index (κ2) is 9.39. The zero-order chi connectivity index (χ0) is 21.7. The Bertz CT molecular complexity index is 1050. The molecule has 8 nitrogen and oxygen atoms in total. The number of ether oxygens (including phenoxy) is 1. The molecule has 0 spiro atoms. The predicted molar refractivity (Wildman–Crippen MR) is 119 cm³/mol. The zero-order valence-corrected chi connectivity index (χ0v) is 18.0. The molecule has 0 aliphatic heterocycles. The maximum Gasteiger partial charge on any atom is 0.229 e. The first-order valence-corrected chi connectivity index (χ1v) is 9.94. The molecule has 0 saturated carbocycles. The Morgan fingerprint density at radius 2 is 1.93 bits per heavy atom. The molecule has 1 amide bonds. The highest BCUT2D eigenvalue weighted by atomic mass is 16.5. The van der Waals surface area contributed by atoms with Gasteiger partial charge >= 0.3 is 0 Å². The van der Waals surface area contributed by atoms with E-state index in [4.69, 9.17) is 4.74 Å². The van der Waals surface area contributed by atoms with Crippen LogP contribution in [0.15, 0.2) is 35.5 Å². The van der Waals surface area contributed by atoms with Crippen molar-refractivity contribution in [3.8, 4) is 5.75 Å². The number of aliphatic imine (C=N–C) groups is 1. The van der Waals surface area contributed by atoms with E-state index in [0.717, 1.165) is 33.6 Å². The summed E-state index contributed by atoms with van der Waals surface area (Å²) >= 11 is 0. The van der Waals surface area contributed by atoms with Gasteiger partial charge in [-0.2, -0.15) is 0 Å². The fourth-order valence-corrected chi connectivity index (χ4v) is 3.04. The number of rotatable bonds is 6. The number of anilines is 1. The quantitative estimate of drug-likeness (QED) is 0.428. The molecule has 1 aromatic carbocycles. The number of carbonyl (C=O) groups excluding carboxylic acids is 1. The molecule has 0 fully saturated rings. The Kier molecular flexibility index (Phi) is 6.66. The van der Waals surface area contributed by atoms with Crippen LogP contribution in [0.1, 0.15) is 30.8 Å². The Morgan fingerprint density at radius 3 is 2.60 bits per heavy atom. The monoisotopic (exact) mass is 408 g/mol. The van der Waals surface area contributed by atoms with Crippen LogP contribution in [0.5, 0.6) is 5.75 Å². The number of hydrogen-bond acceptors (Lipinski definition) is 5. The molecule has 8 heteroatoms. The van der Waals surface area contributed by atoms with Gasteiger partial charge in [0.1, 0.15) is 5.75 Å². The summed E-state index contributed by atoms with van der Waals surface area (Å²) in [5, 5.41) is 6.98. The van der Waals surface area contributed by atoms with Crippen LogP contribution in [-0.2, 0) is 11.2 Å². The minimum Gasteiger partial charge on any atom is -0.497 e. The number of benzene rings is 1. The number of guanidine groups is 1. The molecule has 0 aliphatic carbocycles. The summed E-state index contributed by atoms with van der Waals surface area (Å²) in [6, 6.07) is 7.82. The van der Waals surface area contributed by atoms with Crippen LogP contribution in [0.4, 0.5) is 5.95 Å². The summed E-state index contributed by atoms with van der Waals surface area (Å²) < 4.78 is 5.33. The maximum absolute atomic E-state index is 12.2. The Balaban J connectivity index is 1.78. The molecule has 3 rings (SSSR count). The zero-order valence-electron chi connectivity index (χ0n) is 18.0. The standard InChI is InChI=1S/C22H28N6O2/c1-13(2)20(29)27-21(28-22-25-14(3)10-15(4)26-22)23-9-8-16-12-24-19-7-6-17(30-5)11-18(16)19/h6-7,10-13,24H,8-9H2,1-5H3,(H2,23,25,26,27,28,29). The van der Waals surface area contributed by atoms with Gasteiger partial charge in [-0.15, -0.1) is 0 Å². The van der Waals surface area contributed by atoms with E-state index in [9.17, 15) is 4.79 Å². The highest BCUT2D eigenvalue weighted by Gasteiger charge is 2.12. The number of aromatic amines is 1. The molecule has 3 N–H and O–H groups in total. The van der Waals surface area contributed by atoms with E-state index in [1.165, 1.54) is 0 Å². The summed E-state index contributed by atoms with van der Waals surface area (Å²) in [5.41, 5.74) is 3.86. The largest absolute Gasteiger partial charge is 0.497 e. The van der Waals surface area contributed by atoms with Crippen molar-refractivity contribution in [1.29, 1.82) is 0 Å². The van der Waals surface area contributed by atoms with Crippen LogP contribution in [0, 0.1) is 19.8 Å². The minimum absolute atomic E-state index is 0.123. The number of aromatic nitrogens is 3. The van der Waals surface area contributed by atoms with Crippen molar-refractivity contribution in [3.63, 3.8) is 0 Å². The van der Waals surface area contributed by atoms with Crippen LogP contribution in [0.25, 0.3) is 10.9 Å². The van der Waals surface area contributed by atoms with Gasteiger partial charge < -0.3 is 9.72 Å². The van der Waals surface area contributed by atoms with Gasteiger partial charge in [0.15, 0.2) is 0 Å². The van der Waals surface area contributed by atoms with Gasteiger partial charge in [-0.05, 0) is 50.1 Å². The molecule has 3 aromatic rings. The maximum atomic E-state index is 12.2. The van der Waals surface area contributed by atoms with E-state index in [1.807, 2.05) is 58.2 Å². The molecule has 158 valence electrons. The van der Waals surface area contributed by atoms with Crippen molar-refractivity contribution >= 4 is 28.7 Å². The normalized spacial score (nSPS) is 11.7. The second-order valence-electron chi connectivity index (χ2n) is 7.45. The van der Waals surface area contributed by atoms with E-state index < -0.39 is 0 Å². The average Bonchev–Trinajstić information content (AvgIpc) is 3.09. The smallest absolute Gasteiger partial charge is 0.229 e.